The Morgan fingerprint density at radius 3 is 2.80 bits per heavy atom. The fraction of sp³-hybridized carbons (Fsp3) is 0.562. The summed E-state index contributed by atoms with van der Waals surface area (Å²) in [7, 11) is 0. The number of benzene rings is 1. The lowest BCUT2D eigenvalue weighted by molar-refractivity contribution is -0.132. The van der Waals surface area contributed by atoms with Gasteiger partial charge in [0.15, 0.2) is 0 Å². The van der Waals surface area contributed by atoms with E-state index in [1.54, 1.807) is 0 Å². The molecule has 0 bridgehead atoms. The topological polar surface area (TPSA) is 46.3 Å². The number of halogens is 1. The van der Waals surface area contributed by atoms with Gasteiger partial charge in [-0.1, -0.05) is 43.6 Å². The van der Waals surface area contributed by atoms with E-state index in [1.807, 2.05) is 43.0 Å². The lowest BCUT2D eigenvalue weighted by Gasteiger charge is -2.27. The Morgan fingerprint density at radius 2 is 2.15 bits per heavy atom. The zero-order valence-electron chi connectivity index (χ0n) is 12.2. The third kappa shape index (κ3) is 3.33. The van der Waals surface area contributed by atoms with Gasteiger partial charge in [-0.15, -0.1) is 0 Å². The number of nitrogens with zero attached hydrogens (tertiary/aromatic N) is 1. The van der Waals surface area contributed by atoms with Crippen LogP contribution in [0.25, 0.3) is 0 Å². The zero-order valence-corrected chi connectivity index (χ0v) is 12.9. The van der Waals surface area contributed by atoms with Crippen molar-refractivity contribution in [3.63, 3.8) is 0 Å². The highest BCUT2D eigenvalue weighted by Gasteiger charge is 2.31. The summed E-state index contributed by atoms with van der Waals surface area (Å²) in [5.74, 6) is 0.467. The molecular formula is C16H23ClN2O. The van der Waals surface area contributed by atoms with Crippen LogP contribution >= 0.6 is 11.6 Å². The molecule has 2 N–H and O–H groups in total. The average molecular weight is 295 g/mol. The number of carbonyl (C=O) groups is 1. The Kier molecular flexibility index (Phi) is 5.06. The summed E-state index contributed by atoms with van der Waals surface area (Å²) in [5.41, 5.74) is 7.08. The summed E-state index contributed by atoms with van der Waals surface area (Å²) in [6, 6.07) is 7.83. The van der Waals surface area contributed by atoms with Crippen LogP contribution in [0.2, 0.25) is 5.02 Å². The molecule has 1 amide bonds. The number of hydrogen-bond acceptors (Lipinski definition) is 2. The highest BCUT2D eigenvalue weighted by atomic mass is 35.5. The first-order chi connectivity index (χ1) is 9.50. The molecule has 0 spiro atoms. The number of rotatable bonds is 4. The molecular weight excluding hydrogens is 272 g/mol. The molecule has 1 aliphatic rings. The van der Waals surface area contributed by atoms with Crippen LogP contribution in [-0.4, -0.2) is 23.4 Å². The first-order valence-electron chi connectivity index (χ1n) is 7.30. The molecule has 2 rings (SSSR count). The van der Waals surface area contributed by atoms with Crippen LogP contribution in [0.5, 0.6) is 0 Å². The van der Waals surface area contributed by atoms with E-state index in [-0.39, 0.29) is 18.0 Å². The predicted octanol–water partition coefficient (Wildman–Crippen LogP) is 3.38. The number of carbonyl (C=O) groups excluding carboxylic acids is 1. The van der Waals surface area contributed by atoms with Gasteiger partial charge < -0.3 is 10.6 Å². The maximum atomic E-state index is 12.5. The first-order valence-corrected chi connectivity index (χ1v) is 7.68. The molecule has 1 aliphatic heterocycles. The molecule has 1 aromatic carbocycles. The fourth-order valence-corrected chi connectivity index (χ4v) is 2.95. The molecule has 1 fully saturated rings. The minimum atomic E-state index is -0.0741. The number of hydrogen-bond donors (Lipinski definition) is 1. The van der Waals surface area contributed by atoms with Crippen molar-refractivity contribution in [3.8, 4) is 0 Å². The molecule has 20 heavy (non-hydrogen) atoms. The standard InChI is InChI=1S/C16H23ClN2O/c1-11(2)14(18)10-16(20)19-9-5-8-15(19)12-6-3-4-7-13(12)17/h3-4,6-7,11,14-15H,5,8-10,18H2,1-2H3. The Hall–Kier alpha value is -1.06. The van der Waals surface area contributed by atoms with E-state index in [2.05, 4.69) is 0 Å². The molecule has 1 saturated heterocycles. The van der Waals surface area contributed by atoms with E-state index in [4.69, 9.17) is 17.3 Å². The molecule has 0 aliphatic carbocycles. The van der Waals surface area contributed by atoms with Crippen LogP contribution in [0.4, 0.5) is 0 Å². The molecule has 3 nitrogen and oxygen atoms in total. The molecule has 4 heteroatoms. The molecule has 2 atom stereocenters. The molecule has 1 aromatic rings. The monoisotopic (exact) mass is 294 g/mol. The van der Waals surface area contributed by atoms with Crippen molar-refractivity contribution >= 4 is 17.5 Å². The van der Waals surface area contributed by atoms with E-state index >= 15 is 0 Å². The fourth-order valence-electron chi connectivity index (χ4n) is 2.69. The molecule has 2 unspecified atom stereocenters. The van der Waals surface area contributed by atoms with Crippen molar-refractivity contribution in [2.45, 2.75) is 45.2 Å². The average Bonchev–Trinajstić information content (AvgIpc) is 2.88. The minimum Gasteiger partial charge on any atom is -0.336 e. The van der Waals surface area contributed by atoms with Gasteiger partial charge in [0.25, 0.3) is 0 Å². The van der Waals surface area contributed by atoms with Crippen LogP contribution in [0.1, 0.15) is 44.7 Å². The van der Waals surface area contributed by atoms with Crippen LogP contribution in [0.15, 0.2) is 24.3 Å². The smallest absolute Gasteiger partial charge is 0.224 e. The lowest BCUT2D eigenvalue weighted by atomic mass is 10.00. The summed E-state index contributed by atoms with van der Waals surface area (Å²) in [4.78, 5) is 14.4. The molecule has 110 valence electrons. The summed E-state index contributed by atoms with van der Waals surface area (Å²) >= 11 is 6.27. The number of likely N-dealkylation sites (tertiary alicyclic amines) is 1. The van der Waals surface area contributed by atoms with E-state index in [9.17, 15) is 4.79 Å². The third-order valence-corrected chi connectivity index (χ3v) is 4.45. The Morgan fingerprint density at radius 1 is 1.45 bits per heavy atom. The molecule has 0 radical (unpaired) electrons. The van der Waals surface area contributed by atoms with Gasteiger partial charge in [0.1, 0.15) is 0 Å². The highest BCUT2D eigenvalue weighted by Crippen LogP contribution is 2.36. The van der Waals surface area contributed by atoms with Gasteiger partial charge in [0.05, 0.1) is 6.04 Å². The molecule has 0 saturated carbocycles. The number of nitrogens with two attached hydrogens (primary N) is 1. The van der Waals surface area contributed by atoms with Crippen molar-refractivity contribution < 1.29 is 4.79 Å². The second kappa shape index (κ2) is 6.59. The summed E-state index contributed by atoms with van der Waals surface area (Å²) in [5, 5.41) is 0.741. The summed E-state index contributed by atoms with van der Waals surface area (Å²) in [6.07, 6.45) is 2.42. The Bertz CT molecular complexity index is 475. The molecule has 0 aromatic heterocycles. The Labute approximate surface area is 126 Å². The van der Waals surface area contributed by atoms with E-state index in [0.29, 0.717) is 12.3 Å². The van der Waals surface area contributed by atoms with Gasteiger partial charge in [-0.2, -0.15) is 0 Å². The van der Waals surface area contributed by atoms with Crippen LogP contribution in [0.3, 0.4) is 0 Å². The van der Waals surface area contributed by atoms with Gasteiger partial charge in [0.2, 0.25) is 5.91 Å². The van der Waals surface area contributed by atoms with Crippen LogP contribution in [0, 0.1) is 5.92 Å². The normalized spacial score (nSPS) is 20.4. The van der Waals surface area contributed by atoms with Gasteiger partial charge in [-0.25, -0.2) is 0 Å². The second-order valence-electron chi connectivity index (χ2n) is 5.88. The van der Waals surface area contributed by atoms with E-state index < -0.39 is 0 Å². The SMILES string of the molecule is CC(C)C(N)CC(=O)N1CCCC1c1ccccc1Cl. The van der Waals surface area contributed by atoms with E-state index in [1.165, 1.54) is 0 Å². The maximum absolute atomic E-state index is 12.5. The van der Waals surface area contributed by atoms with Crippen molar-refractivity contribution in [1.29, 1.82) is 0 Å². The summed E-state index contributed by atoms with van der Waals surface area (Å²) in [6.45, 7) is 4.90. The molecule has 1 heterocycles. The quantitative estimate of drug-likeness (QED) is 0.925. The lowest BCUT2D eigenvalue weighted by Crippen LogP contribution is -2.37. The largest absolute Gasteiger partial charge is 0.336 e. The van der Waals surface area contributed by atoms with Crippen molar-refractivity contribution in [2.24, 2.45) is 11.7 Å². The van der Waals surface area contributed by atoms with Gasteiger partial charge in [-0.05, 0) is 30.4 Å². The van der Waals surface area contributed by atoms with Crippen molar-refractivity contribution in [2.75, 3.05) is 6.54 Å². The first kappa shape index (κ1) is 15.3. The van der Waals surface area contributed by atoms with Crippen LogP contribution in [-0.2, 0) is 4.79 Å². The maximum Gasteiger partial charge on any atom is 0.224 e. The van der Waals surface area contributed by atoms with Gasteiger partial charge >= 0.3 is 0 Å². The highest BCUT2D eigenvalue weighted by molar-refractivity contribution is 6.31. The van der Waals surface area contributed by atoms with Gasteiger partial charge in [0, 0.05) is 24.0 Å². The van der Waals surface area contributed by atoms with E-state index in [0.717, 1.165) is 30.0 Å². The Balaban J connectivity index is 2.11. The van der Waals surface area contributed by atoms with Crippen LogP contribution < -0.4 is 5.73 Å². The zero-order chi connectivity index (χ0) is 14.7. The summed E-state index contributed by atoms with van der Waals surface area (Å²) < 4.78 is 0. The second-order valence-corrected chi connectivity index (χ2v) is 6.29. The third-order valence-electron chi connectivity index (χ3n) is 4.10. The van der Waals surface area contributed by atoms with Crippen molar-refractivity contribution in [3.05, 3.63) is 34.9 Å². The van der Waals surface area contributed by atoms with Gasteiger partial charge in [-0.3, -0.25) is 4.79 Å². The van der Waals surface area contributed by atoms with Crippen molar-refractivity contribution in [1.82, 2.24) is 4.90 Å². The number of amides is 1. The minimum absolute atomic E-state index is 0.0741. The predicted molar refractivity (Wildman–Crippen MR) is 82.6 cm³/mol.